The minimum atomic E-state index is -0.246. The van der Waals surface area contributed by atoms with Crippen LogP contribution in [0.4, 0.5) is 10.1 Å². The lowest BCUT2D eigenvalue weighted by Crippen LogP contribution is -2.01. The molecule has 94 valence electrons. The van der Waals surface area contributed by atoms with Crippen LogP contribution in [0.3, 0.4) is 0 Å². The lowest BCUT2D eigenvalue weighted by atomic mass is 10.2. The Balaban J connectivity index is 2.04. The maximum absolute atomic E-state index is 13.3. The quantitative estimate of drug-likeness (QED) is 0.913. The summed E-state index contributed by atoms with van der Waals surface area (Å²) in [4.78, 5) is 0. The van der Waals surface area contributed by atoms with E-state index in [1.165, 1.54) is 6.07 Å². The number of ether oxygens (including phenoxy) is 1. The average Bonchev–Trinajstić information content (AvgIpc) is 2.41. The minimum absolute atomic E-state index is 0.246. The molecule has 0 amide bonds. The SMILES string of the molecule is COc1ccc(NCc2cccc(F)c2Br)cc1. The molecule has 2 aromatic carbocycles. The molecule has 0 heterocycles. The molecule has 2 rings (SSSR count). The number of hydrogen-bond acceptors (Lipinski definition) is 2. The first kappa shape index (κ1) is 12.9. The Labute approximate surface area is 114 Å². The van der Waals surface area contributed by atoms with Gasteiger partial charge in [0.05, 0.1) is 11.6 Å². The molecular formula is C14H13BrFNO. The van der Waals surface area contributed by atoms with Crippen molar-refractivity contribution in [2.75, 3.05) is 12.4 Å². The van der Waals surface area contributed by atoms with Crippen LogP contribution in [0.25, 0.3) is 0 Å². The van der Waals surface area contributed by atoms with Crippen molar-refractivity contribution in [3.05, 3.63) is 58.3 Å². The van der Waals surface area contributed by atoms with Crippen LogP contribution in [-0.2, 0) is 6.54 Å². The summed E-state index contributed by atoms with van der Waals surface area (Å²) in [6, 6.07) is 12.6. The van der Waals surface area contributed by atoms with Crippen molar-refractivity contribution in [2.45, 2.75) is 6.54 Å². The molecule has 2 aromatic rings. The van der Waals surface area contributed by atoms with E-state index in [1.54, 1.807) is 13.2 Å². The van der Waals surface area contributed by atoms with E-state index in [0.29, 0.717) is 11.0 Å². The molecule has 0 aliphatic carbocycles. The first-order valence-corrected chi connectivity index (χ1v) is 6.31. The van der Waals surface area contributed by atoms with E-state index < -0.39 is 0 Å². The van der Waals surface area contributed by atoms with E-state index in [2.05, 4.69) is 21.2 Å². The molecule has 0 saturated heterocycles. The second-order valence-electron chi connectivity index (χ2n) is 3.79. The molecule has 2 nitrogen and oxygen atoms in total. The topological polar surface area (TPSA) is 21.3 Å². The molecule has 0 fully saturated rings. The Hall–Kier alpha value is -1.55. The van der Waals surface area contributed by atoms with E-state index >= 15 is 0 Å². The third-order valence-electron chi connectivity index (χ3n) is 2.60. The fraction of sp³-hybridized carbons (Fsp3) is 0.143. The van der Waals surface area contributed by atoms with Gasteiger partial charge in [0.1, 0.15) is 11.6 Å². The van der Waals surface area contributed by atoms with Crippen LogP contribution in [0.15, 0.2) is 46.9 Å². The molecule has 0 spiro atoms. The van der Waals surface area contributed by atoms with Crippen molar-refractivity contribution in [3.63, 3.8) is 0 Å². The van der Waals surface area contributed by atoms with E-state index in [4.69, 9.17) is 4.74 Å². The minimum Gasteiger partial charge on any atom is -0.497 e. The summed E-state index contributed by atoms with van der Waals surface area (Å²) in [5.74, 6) is 0.566. The van der Waals surface area contributed by atoms with Gasteiger partial charge in [-0.3, -0.25) is 0 Å². The molecule has 0 aliphatic rings. The van der Waals surface area contributed by atoms with Gasteiger partial charge in [-0.2, -0.15) is 0 Å². The number of halogens is 2. The van der Waals surface area contributed by atoms with E-state index in [0.717, 1.165) is 17.0 Å². The van der Waals surface area contributed by atoms with Crippen LogP contribution in [0, 0.1) is 5.82 Å². The van der Waals surface area contributed by atoms with Crippen LogP contribution >= 0.6 is 15.9 Å². The van der Waals surface area contributed by atoms with Gasteiger partial charge in [0.25, 0.3) is 0 Å². The van der Waals surface area contributed by atoms with Crippen molar-refractivity contribution in [1.29, 1.82) is 0 Å². The number of hydrogen-bond donors (Lipinski definition) is 1. The van der Waals surface area contributed by atoms with Gasteiger partial charge in [0.2, 0.25) is 0 Å². The van der Waals surface area contributed by atoms with Crippen molar-refractivity contribution in [1.82, 2.24) is 0 Å². The molecule has 4 heteroatoms. The first-order valence-electron chi connectivity index (χ1n) is 5.51. The average molecular weight is 310 g/mol. The van der Waals surface area contributed by atoms with E-state index in [1.807, 2.05) is 30.3 Å². The van der Waals surface area contributed by atoms with Crippen LogP contribution in [0.5, 0.6) is 5.75 Å². The molecule has 1 N–H and O–H groups in total. The highest BCUT2D eigenvalue weighted by Crippen LogP contribution is 2.22. The molecule has 0 radical (unpaired) electrons. The summed E-state index contributed by atoms with van der Waals surface area (Å²) in [5, 5.41) is 3.23. The predicted octanol–water partition coefficient (Wildman–Crippen LogP) is 4.21. The molecule has 18 heavy (non-hydrogen) atoms. The number of nitrogens with one attached hydrogen (secondary N) is 1. The van der Waals surface area contributed by atoms with Gasteiger partial charge in [-0.25, -0.2) is 4.39 Å². The van der Waals surface area contributed by atoms with E-state index in [9.17, 15) is 4.39 Å². The highest BCUT2D eigenvalue weighted by molar-refractivity contribution is 9.10. The van der Waals surface area contributed by atoms with E-state index in [-0.39, 0.29) is 5.82 Å². The fourth-order valence-electron chi connectivity index (χ4n) is 1.59. The molecule has 0 atom stereocenters. The second-order valence-corrected chi connectivity index (χ2v) is 4.59. The fourth-order valence-corrected chi connectivity index (χ4v) is 2.00. The molecule has 0 unspecified atom stereocenters. The Morgan fingerprint density at radius 3 is 2.56 bits per heavy atom. The molecular weight excluding hydrogens is 297 g/mol. The van der Waals surface area contributed by atoms with Gasteiger partial charge in [-0.1, -0.05) is 12.1 Å². The molecule has 0 aliphatic heterocycles. The molecule has 0 bridgehead atoms. The van der Waals surface area contributed by atoms with Crippen molar-refractivity contribution in [2.24, 2.45) is 0 Å². The van der Waals surface area contributed by atoms with Gasteiger partial charge in [-0.05, 0) is 51.8 Å². The zero-order valence-electron chi connectivity index (χ0n) is 9.91. The zero-order valence-corrected chi connectivity index (χ0v) is 11.5. The van der Waals surface area contributed by atoms with Gasteiger partial charge in [0, 0.05) is 12.2 Å². The number of benzene rings is 2. The third-order valence-corrected chi connectivity index (χ3v) is 3.49. The highest BCUT2D eigenvalue weighted by atomic mass is 79.9. The van der Waals surface area contributed by atoms with Crippen molar-refractivity contribution in [3.8, 4) is 5.75 Å². The maximum atomic E-state index is 13.3. The second kappa shape index (κ2) is 5.87. The lowest BCUT2D eigenvalue weighted by molar-refractivity contribution is 0.415. The Morgan fingerprint density at radius 1 is 1.17 bits per heavy atom. The number of methoxy groups -OCH3 is 1. The first-order chi connectivity index (χ1) is 8.70. The normalized spacial score (nSPS) is 10.2. The smallest absolute Gasteiger partial charge is 0.137 e. The maximum Gasteiger partial charge on any atom is 0.137 e. The monoisotopic (exact) mass is 309 g/mol. The summed E-state index contributed by atoms with van der Waals surface area (Å²) in [6.07, 6.45) is 0. The van der Waals surface area contributed by atoms with Crippen LogP contribution in [0.1, 0.15) is 5.56 Å². The largest absolute Gasteiger partial charge is 0.497 e. The summed E-state index contributed by atoms with van der Waals surface area (Å²) < 4.78 is 18.9. The van der Waals surface area contributed by atoms with Crippen LogP contribution in [0.2, 0.25) is 0 Å². The number of rotatable bonds is 4. The Bertz CT molecular complexity index is 528. The lowest BCUT2D eigenvalue weighted by Gasteiger charge is -2.09. The van der Waals surface area contributed by atoms with Gasteiger partial charge in [-0.15, -0.1) is 0 Å². The summed E-state index contributed by atoms with van der Waals surface area (Å²) in [7, 11) is 1.63. The molecule has 0 saturated carbocycles. The summed E-state index contributed by atoms with van der Waals surface area (Å²) in [6.45, 7) is 0.560. The van der Waals surface area contributed by atoms with Crippen LogP contribution < -0.4 is 10.1 Å². The van der Waals surface area contributed by atoms with Crippen LogP contribution in [-0.4, -0.2) is 7.11 Å². The highest BCUT2D eigenvalue weighted by Gasteiger charge is 2.04. The standard InChI is InChI=1S/C14H13BrFNO/c1-18-12-7-5-11(6-8-12)17-9-10-3-2-4-13(16)14(10)15/h2-8,17H,9H2,1H3. The van der Waals surface area contributed by atoms with Gasteiger partial charge in [0.15, 0.2) is 0 Å². The van der Waals surface area contributed by atoms with Crippen molar-refractivity contribution < 1.29 is 9.13 Å². The summed E-state index contributed by atoms with van der Waals surface area (Å²) >= 11 is 3.24. The number of anilines is 1. The zero-order chi connectivity index (χ0) is 13.0. The third kappa shape index (κ3) is 3.01. The Kier molecular flexibility index (Phi) is 4.20. The van der Waals surface area contributed by atoms with Crippen molar-refractivity contribution >= 4 is 21.6 Å². The Morgan fingerprint density at radius 2 is 1.89 bits per heavy atom. The van der Waals surface area contributed by atoms with Gasteiger partial charge >= 0.3 is 0 Å². The summed E-state index contributed by atoms with van der Waals surface area (Å²) in [5.41, 5.74) is 1.85. The van der Waals surface area contributed by atoms with Gasteiger partial charge < -0.3 is 10.1 Å². The molecule has 0 aromatic heterocycles. The predicted molar refractivity (Wildman–Crippen MR) is 74.4 cm³/mol.